The number of hydrogen-bond acceptors (Lipinski definition) is 4. The van der Waals surface area contributed by atoms with E-state index in [9.17, 15) is 9.59 Å². The number of para-hydroxylation sites is 2. The Bertz CT molecular complexity index is 871. The minimum atomic E-state index is -0.393. The van der Waals surface area contributed by atoms with Gasteiger partial charge >= 0.3 is 0 Å². The van der Waals surface area contributed by atoms with E-state index in [2.05, 4.69) is 10.9 Å². The van der Waals surface area contributed by atoms with Crippen LogP contribution in [0.2, 0.25) is 0 Å². The summed E-state index contributed by atoms with van der Waals surface area (Å²) in [6.07, 6.45) is 5.45. The summed E-state index contributed by atoms with van der Waals surface area (Å²) in [4.78, 5) is 24.8. The highest BCUT2D eigenvalue weighted by molar-refractivity contribution is 5.97. The van der Waals surface area contributed by atoms with Gasteiger partial charge in [0.15, 0.2) is 0 Å². The molecule has 0 radical (unpaired) electrons. The maximum atomic E-state index is 12.6. The van der Waals surface area contributed by atoms with Crippen molar-refractivity contribution in [3.63, 3.8) is 0 Å². The highest BCUT2D eigenvalue weighted by atomic mass is 16.5. The number of carbonyl (C=O) groups excluding carboxylic acids is 2. The molecular weight excluding hydrogens is 380 g/mol. The van der Waals surface area contributed by atoms with Crippen LogP contribution in [0, 0.1) is 17.8 Å². The molecule has 3 atom stereocenters. The Labute approximate surface area is 176 Å². The topological polar surface area (TPSA) is 76.7 Å². The average molecular weight is 408 g/mol. The van der Waals surface area contributed by atoms with Gasteiger partial charge in [0.2, 0.25) is 5.91 Å². The lowest BCUT2D eigenvalue weighted by molar-refractivity contribution is -0.123. The van der Waals surface area contributed by atoms with Crippen molar-refractivity contribution in [1.82, 2.24) is 10.9 Å². The second-order valence-electron chi connectivity index (χ2n) is 8.15. The number of hydrazine groups is 1. The molecular formula is C24H28N2O4. The Balaban J connectivity index is 1.23. The Hall–Kier alpha value is -3.02. The SMILES string of the molecule is O=C(C[C@H]1C[C@H]2CC[C@@H]1C2)NNC(=O)c1ccccc1OCCOc1ccccc1. The summed E-state index contributed by atoms with van der Waals surface area (Å²) in [5.41, 5.74) is 5.46. The van der Waals surface area contributed by atoms with Crippen molar-refractivity contribution < 1.29 is 19.1 Å². The molecule has 158 valence electrons. The molecule has 2 bridgehead atoms. The predicted molar refractivity (Wildman–Crippen MR) is 113 cm³/mol. The molecule has 2 amide bonds. The first-order valence-electron chi connectivity index (χ1n) is 10.7. The third-order valence-electron chi connectivity index (χ3n) is 6.13. The van der Waals surface area contributed by atoms with Gasteiger partial charge in [-0.2, -0.15) is 0 Å². The minimum absolute atomic E-state index is 0.129. The zero-order valence-corrected chi connectivity index (χ0v) is 17.0. The standard InChI is InChI=1S/C24H28N2O4/c27-23(16-19-15-17-10-11-18(19)14-17)25-26-24(28)21-8-4-5-9-22(21)30-13-12-29-20-6-2-1-3-7-20/h1-9,17-19H,10-16H2,(H,25,27)(H,26,28)/t17-,18+,19+/m0/s1. The van der Waals surface area contributed by atoms with Gasteiger partial charge in [0.25, 0.3) is 5.91 Å². The summed E-state index contributed by atoms with van der Waals surface area (Å²) in [6, 6.07) is 16.5. The van der Waals surface area contributed by atoms with Crippen LogP contribution in [0.5, 0.6) is 11.5 Å². The minimum Gasteiger partial charge on any atom is -0.490 e. The summed E-state index contributed by atoms with van der Waals surface area (Å²) >= 11 is 0. The number of amides is 2. The van der Waals surface area contributed by atoms with Crippen LogP contribution in [0.1, 0.15) is 42.5 Å². The Kier molecular flexibility index (Phi) is 6.52. The zero-order chi connectivity index (χ0) is 20.8. The molecule has 0 unspecified atom stereocenters. The van der Waals surface area contributed by atoms with Gasteiger partial charge < -0.3 is 9.47 Å². The summed E-state index contributed by atoms with van der Waals surface area (Å²) < 4.78 is 11.3. The van der Waals surface area contributed by atoms with Crippen LogP contribution < -0.4 is 20.3 Å². The van der Waals surface area contributed by atoms with E-state index in [0.717, 1.165) is 18.1 Å². The van der Waals surface area contributed by atoms with E-state index in [0.29, 0.717) is 42.8 Å². The Morgan fingerprint density at radius 1 is 0.867 bits per heavy atom. The molecule has 0 aliphatic heterocycles. The van der Waals surface area contributed by atoms with E-state index in [1.807, 2.05) is 30.3 Å². The third-order valence-corrected chi connectivity index (χ3v) is 6.13. The average Bonchev–Trinajstić information content (AvgIpc) is 3.39. The van der Waals surface area contributed by atoms with Gasteiger partial charge in [-0.15, -0.1) is 0 Å². The molecule has 2 aromatic carbocycles. The van der Waals surface area contributed by atoms with Crippen LogP contribution >= 0.6 is 0 Å². The number of nitrogens with one attached hydrogen (secondary N) is 2. The monoisotopic (exact) mass is 408 g/mol. The molecule has 2 aliphatic rings. The number of carbonyl (C=O) groups is 2. The van der Waals surface area contributed by atoms with E-state index >= 15 is 0 Å². The van der Waals surface area contributed by atoms with Crippen molar-refractivity contribution in [3.05, 3.63) is 60.2 Å². The number of ether oxygens (including phenoxy) is 2. The number of benzene rings is 2. The highest BCUT2D eigenvalue weighted by Crippen LogP contribution is 2.49. The van der Waals surface area contributed by atoms with Gasteiger partial charge in [0.05, 0.1) is 5.56 Å². The molecule has 0 spiro atoms. The van der Waals surface area contributed by atoms with E-state index in [1.54, 1.807) is 24.3 Å². The van der Waals surface area contributed by atoms with Crippen LogP contribution in [-0.2, 0) is 4.79 Å². The molecule has 2 aromatic rings. The fraction of sp³-hybridized carbons (Fsp3) is 0.417. The van der Waals surface area contributed by atoms with Gasteiger partial charge in [0, 0.05) is 6.42 Å². The lowest BCUT2D eigenvalue weighted by atomic mass is 9.86. The maximum absolute atomic E-state index is 12.6. The van der Waals surface area contributed by atoms with Crippen molar-refractivity contribution >= 4 is 11.8 Å². The van der Waals surface area contributed by atoms with E-state index < -0.39 is 5.91 Å². The second kappa shape index (κ2) is 9.65. The van der Waals surface area contributed by atoms with Crippen molar-refractivity contribution in [3.8, 4) is 11.5 Å². The van der Waals surface area contributed by atoms with Gasteiger partial charge in [-0.3, -0.25) is 20.4 Å². The van der Waals surface area contributed by atoms with Crippen LogP contribution in [0.25, 0.3) is 0 Å². The van der Waals surface area contributed by atoms with Crippen LogP contribution in [0.3, 0.4) is 0 Å². The van der Waals surface area contributed by atoms with Gasteiger partial charge in [0.1, 0.15) is 24.7 Å². The molecule has 6 nitrogen and oxygen atoms in total. The van der Waals surface area contributed by atoms with E-state index in [-0.39, 0.29) is 5.91 Å². The van der Waals surface area contributed by atoms with Crippen LogP contribution in [-0.4, -0.2) is 25.0 Å². The predicted octanol–water partition coefficient (Wildman–Crippen LogP) is 3.73. The summed E-state index contributed by atoms with van der Waals surface area (Å²) in [6.45, 7) is 0.663. The molecule has 0 saturated heterocycles. The zero-order valence-electron chi connectivity index (χ0n) is 17.0. The van der Waals surface area contributed by atoms with Gasteiger partial charge in [-0.1, -0.05) is 36.8 Å². The molecule has 0 heterocycles. The second-order valence-corrected chi connectivity index (χ2v) is 8.15. The molecule has 2 saturated carbocycles. The first-order chi connectivity index (χ1) is 14.7. The number of fused-ring (bicyclic) bond motifs is 2. The van der Waals surface area contributed by atoms with Crippen molar-refractivity contribution in [1.29, 1.82) is 0 Å². The lowest BCUT2D eigenvalue weighted by Crippen LogP contribution is -2.42. The normalized spacial score (nSPS) is 21.8. The molecule has 4 rings (SSSR count). The maximum Gasteiger partial charge on any atom is 0.273 e. The van der Waals surface area contributed by atoms with Crippen LogP contribution in [0.4, 0.5) is 0 Å². The van der Waals surface area contributed by atoms with Crippen LogP contribution in [0.15, 0.2) is 54.6 Å². The fourth-order valence-electron chi connectivity index (χ4n) is 4.72. The van der Waals surface area contributed by atoms with Crippen molar-refractivity contribution in [2.45, 2.75) is 32.1 Å². The fourth-order valence-corrected chi connectivity index (χ4v) is 4.72. The first kappa shape index (κ1) is 20.3. The molecule has 2 fully saturated rings. The Morgan fingerprint density at radius 2 is 1.63 bits per heavy atom. The van der Waals surface area contributed by atoms with Gasteiger partial charge in [-0.25, -0.2) is 0 Å². The summed E-state index contributed by atoms with van der Waals surface area (Å²) in [7, 11) is 0. The van der Waals surface area contributed by atoms with E-state index in [1.165, 1.54) is 19.3 Å². The first-order valence-corrected chi connectivity index (χ1v) is 10.7. The largest absolute Gasteiger partial charge is 0.490 e. The lowest BCUT2D eigenvalue weighted by Gasteiger charge is -2.21. The summed E-state index contributed by atoms with van der Waals surface area (Å²) in [5, 5.41) is 0. The number of hydrogen-bond donors (Lipinski definition) is 2. The van der Waals surface area contributed by atoms with Crippen molar-refractivity contribution in [2.75, 3.05) is 13.2 Å². The van der Waals surface area contributed by atoms with Gasteiger partial charge in [-0.05, 0) is 61.3 Å². The Morgan fingerprint density at radius 3 is 2.40 bits per heavy atom. The molecule has 30 heavy (non-hydrogen) atoms. The molecule has 6 heteroatoms. The molecule has 2 N–H and O–H groups in total. The molecule has 2 aliphatic carbocycles. The quantitative estimate of drug-likeness (QED) is 0.515. The van der Waals surface area contributed by atoms with E-state index in [4.69, 9.17) is 9.47 Å². The smallest absolute Gasteiger partial charge is 0.273 e. The summed E-state index contributed by atoms with van der Waals surface area (Å²) in [5.74, 6) is 2.65. The van der Waals surface area contributed by atoms with Crippen molar-refractivity contribution in [2.24, 2.45) is 17.8 Å². The number of rotatable bonds is 8. The third kappa shape index (κ3) is 5.12. The highest BCUT2D eigenvalue weighted by Gasteiger charge is 2.40. The molecule has 0 aromatic heterocycles.